The van der Waals surface area contributed by atoms with Crippen molar-refractivity contribution in [3.63, 3.8) is 0 Å². The summed E-state index contributed by atoms with van der Waals surface area (Å²) in [5.74, 6) is -0.898. The van der Waals surface area contributed by atoms with Gasteiger partial charge in [0, 0.05) is 24.2 Å². The number of nitrogens with two attached hydrogens (primary N) is 1. The number of halogens is 3. The maximum Gasteiger partial charge on any atom is 0.417 e. The molecule has 0 unspecified atom stereocenters. The Morgan fingerprint density at radius 1 is 0.906 bits per heavy atom. The Bertz CT molecular complexity index is 1140. The number of amidine groups is 1. The Hall–Kier alpha value is -3.49. The van der Waals surface area contributed by atoms with Crippen LogP contribution in [-0.2, 0) is 6.18 Å². The van der Waals surface area contributed by atoms with Gasteiger partial charge in [0.05, 0.1) is 11.7 Å². The fourth-order valence-electron chi connectivity index (χ4n) is 3.61. The van der Waals surface area contributed by atoms with E-state index < -0.39 is 17.6 Å². The van der Waals surface area contributed by atoms with E-state index in [0.717, 1.165) is 24.7 Å². The van der Waals surface area contributed by atoms with E-state index in [9.17, 15) is 18.0 Å². The van der Waals surface area contributed by atoms with Crippen molar-refractivity contribution in [2.24, 2.45) is 10.7 Å². The lowest BCUT2D eigenvalue weighted by atomic mass is 9.97. The zero-order valence-electron chi connectivity index (χ0n) is 17.0. The van der Waals surface area contributed by atoms with Gasteiger partial charge in [0.25, 0.3) is 5.91 Å². The number of aliphatic imine (C=N–C) groups is 1. The van der Waals surface area contributed by atoms with Crippen molar-refractivity contribution < 1.29 is 18.0 Å². The summed E-state index contributed by atoms with van der Waals surface area (Å²) >= 11 is 0. The number of carbonyl (C=O) groups excluding carboxylic acids is 1. The van der Waals surface area contributed by atoms with Crippen LogP contribution in [0.1, 0.15) is 33.2 Å². The smallest absolute Gasteiger partial charge is 0.383 e. The van der Waals surface area contributed by atoms with Gasteiger partial charge >= 0.3 is 6.18 Å². The molecule has 3 aromatic rings. The highest BCUT2D eigenvalue weighted by atomic mass is 19.4. The average molecular weight is 438 g/mol. The molecule has 4 N–H and O–H groups in total. The monoisotopic (exact) mass is 438 g/mol. The molecule has 0 aliphatic carbocycles. The largest absolute Gasteiger partial charge is 0.417 e. The molecular weight excluding hydrogens is 417 g/mol. The van der Waals surface area contributed by atoms with Crippen molar-refractivity contribution in [2.75, 3.05) is 13.1 Å². The normalized spacial score (nSPS) is 15.2. The van der Waals surface area contributed by atoms with E-state index >= 15 is 0 Å². The predicted octanol–water partition coefficient (Wildman–Crippen LogP) is 4.11. The van der Waals surface area contributed by atoms with E-state index in [1.165, 1.54) is 12.1 Å². The van der Waals surface area contributed by atoms with Gasteiger partial charge in [0.15, 0.2) is 0 Å². The molecule has 8 heteroatoms. The summed E-state index contributed by atoms with van der Waals surface area (Å²) in [4.78, 5) is 16.4. The molecule has 32 heavy (non-hydrogen) atoms. The number of alkyl halides is 3. The van der Waals surface area contributed by atoms with Crippen LogP contribution in [0.5, 0.6) is 0 Å². The standard InChI is InChI=1S/C24H21F3N4O/c25-24(26,27)20-14-18(10-11-19(20)15-4-2-1-3-5-15)23(32)31-21(28)16-6-8-17(9-7-16)22-29-12-13-30-22/h1-11,14,22,29-30H,12-13H2,(H2,28,31,32). The van der Waals surface area contributed by atoms with Crippen LogP contribution in [0, 0.1) is 0 Å². The van der Waals surface area contributed by atoms with Crippen LogP contribution >= 0.6 is 0 Å². The Morgan fingerprint density at radius 2 is 1.53 bits per heavy atom. The van der Waals surface area contributed by atoms with Crippen molar-refractivity contribution >= 4 is 11.7 Å². The van der Waals surface area contributed by atoms with Crippen molar-refractivity contribution in [1.82, 2.24) is 10.6 Å². The Kier molecular flexibility index (Phi) is 6.07. The number of rotatable bonds is 4. The predicted molar refractivity (Wildman–Crippen MR) is 117 cm³/mol. The SMILES string of the molecule is NC(=NC(=O)c1ccc(-c2ccccc2)c(C(F)(F)F)c1)c1ccc(C2NCCN2)cc1. The lowest BCUT2D eigenvalue weighted by Gasteiger charge is -2.14. The van der Waals surface area contributed by atoms with Crippen LogP contribution in [0.25, 0.3) is 11.1 Å². The number of carbonyl (C=O) groups is 1. The first-order valence-corrected chi connectivity index (χ1v) is 10.1. The third-order valence-corrected chi connectivity index (χ3v) is 5.24. The van der Waals surface area contributed by atoms with Gasteiger partial charge in [-0.3, -0.25) is 15.4 Å². The minimum Gasteiger partial charge on any atom is -0.383 e. The van der Waals surface area contributed by atoms with Crippen LogP contribution in [0.2, 0.25) is 0 Å². The van der Waals surface area contributed by atoms with Gasteiger partial charge in [-0.1, -0.05) is 60.7 Å². The van der Waals surface area contributed by atoms with Gasteiger partial charge in [-0.15, -0.1) is 0 Å². The summed E-state index contributed by atoms with van der Waals surface area (Å²) < 4.78 is 41.1. The highest BCUT2D eigenvalue weighted by Gasteiger charge is 2.34. The van der Waals surface area contributed by atoms with Crippen molar-refractivity contribution in [3.05, 3.63) is 95.1 Å². The molecular formula is C24H21F3N4O. The Morgan fingerprint density at radius 3 is 2.16 bits per heavy atom. The second kappa shape index (κ2) is 8.94. The number of nitrogens with one attached hydrogen (secondary N) is 2. The molecule has 0 saturated carbocycles. The van der Waals surface area contributed by atoms with Gasteiger partial charge in [0.1, 0.15) is 5.84 Å². The van der Waals surface area contributed by atoms with Gasteiger partial charge in [-0.2, -0.15) is 18.2 Å². The van der Waals surface area contributed by atoms with E-state index in [1.807, 2.05) is 12.1 Å². The number of hydrogen-bond donors (Lipinski definition) is 3. The Balaban J connectivity index is 1.60. The van der Waals surface area contributed by atoms with E-state index in [0.29, 0.717) is 11.1 Å². The molecule has 0 bridgehead atoms. The molecule has 0 radical (unpaired) electrons. The van der Waals surface area contributed by atoms with E-state index in [1.54, 1.807) is 42.5 Å². The van der Waals surface area contributed by atoms with Crippen LogP contribution in [-0.4, -0.2) is 24.8 Å². The summed E-state index contributed by atoms with van der Waals surface area (Å²) in [6.45, 7) is 1.74. The van der Waals surface area contributed by atoms with Crippen LogP contribution in [0.15, 0.2) is 77.8 Å². The fourth-order valence-corrected chi connectivity index (χ4v) is 3.61. The second-order valence-electron chi connectivity index (χ2n) is 7.39. The van der Waals surface area contributed by atoms with Crippen molar-refractivity contribution in [3.8, 4) is 11.1 Å². The van der Waals surface area contributed by atoms with Gasteiger partial charge in [-0.05, 0) is 28.8 Å². The third kappa shape index (κ3) is 4.71. The number of nitrogens with zero attached hydrogens (tertiary/aromatic N) is 1. The van der Waals surface area contributed by atoms with Gasteiger partial charge in [-0.25, -0.2) is 0 Å². The molecule has 1 aliphatic rings. The maximum absolute atomic E-state index is 13.7. The molecule has 1 saturated heterocycles. The van der Waals surface area contributed by atoms with Gasteiger partial charge < -0.3 is 5.73 Å². The zero-order valence-corrected chi connectivity index (χ0v) is 17.0. The Labute approximate surface area is 183 Å². The van der Waals surface area contributed by atoms with Crippen molar-refractivity contribution in [1.29, 1.82) is 0 Å². The minimum absolute atomic E-state index is 0.00341. The van der Waals surface area contributed by atoms with Crippen LogP contribution in [0.4, 0.5) is 13.2 Å². The first-order valence-electron chi connectivity index (χ1n) is 10.1. The molecule has 0 atom stereocenters. The first kappa shape index (κ1) is 21.7. The number of hydrogen-bond acceptors (Lipinski definition) is 3. The summed E-state index contributed by atoms with van der Waals surface area (Å²) in [5.41, 5.74) is 6.80. The molecule has 0 aromatic heterocycles. The van der Waals surface area contributed by atoms with Crippen LogP contribution in [0.3, 0.4) is 0 Å². The average Bonchev–Trinajstić information content (AvgIpc) is 3.34. The highest BCUT2D eigenvalue weighted by molar-refractivity contribution is 6.09. The van der Waals surface area contributed by atoms with Crippen LogP contribution < -0.4 is 16.4 Å². The molecule has 1 amide bonds. The van der Waals surface area contributed by atoms with E-state index in [-0.39, 0.29) is 23.1 Å². The summed E-state index contributed by atoms with van der Waals surface area (Å²) in [6.07, 6.45) is -4.58. The molecule has 4 rings (SSSR count). The summed E-state index contributed by atoms with van der Waals surface area (Å²) in [5, 5.41) is 6.58. The lowest BCUT2D eigenvalue weighted by Crippen LogP contribution is -2.21. The molecule has 1 heterocycles. The van der Waals surface area contributed by atoms with E-state index in [4.69, 9.17) is 5.73 Å². The van der Waals surface area contributed by atoms with Gasteiger partial charge in [0.2, 0.25) is 0 Å². The number of benzene rings is 3. The fraction of sp³-hybridized carbons (Fsp3) is 0.167. The summed E-state index contributed by atoms with van der Waals surface area (Å²) in [7, 11) is 0. The van der Waals surface area contributed by atoms with Crippen molar-refractivity contribution in [2.45, 2.75) is 12.3 Å². The highest BCUT2D eigenvalue weighted by Crippen LogP contribution is 2.37. The second-order valence-corrected chi connectivity index (χ2v) is 7.39. The quantitative estimate of drug-likeness (QED) is 0.423. The molecule has 1 fully saturated rings. The number of amides is 1. The maximum atomic E-state index is 13.7. The molecule has 164 valence electrons. The molecule has 0 spiro atoms. The topological polar surface area (TPSA) is 79.5 Å². The molecule has 5 nitrogen and oxygen atoms in total. The summed E-state index contributed by atoms with van der Waals surface area (Å²) in [6, 6.07) is 18.8. The van der Waals surface area contributed by atoms with E-state index in [2.05, 4.69) is 15.6 Å². The lowest BCUT2D eigenvalue weighted by molar-refractivity contribution is -0.137. The third-order valence-electron chi connectivity index (χ3n) is 5.24. The molecule has 1 aliphatic heterocycles. The first-order chi connectivity index (χ1) is 15.3. The molecule has 3 aromatic carbocycles. The zero-order chi connectivity index (χ0) is 22.7. The minimum atomic E-state index is -4.63.